The number of benzene rings is 1. The molecule has 2 N–H and O–H groups in total. The summed E-state index contributed by atoms with van der Waals surface area (Å²) in [6.07, 6.45) is 1.05. The van der Waals surface area contributed by atoms with Gasteiger partial charge >= 0.3 is 0 Å². The Morgan fingerprint density at radius 3 is 3.05 bits per heavy atom. The van der Waals surface area contributed by atoms with Crippen molar-refractivity contribution in [3.63, 3.8) is 0 Å². The first-order chi connectivity index (χ1) is 9.66. The fourth-order valence-electron chi connectivity index (χ4n) is 2.64. The maximum absolute atomic E-state index is 6.07. The van der Waals surface area contributed by atoms with E-state index in [0.717, 1.165) is 36.6 Å². The topological polar surface area (TPSA) is 78.9 Å². The molecule has 1 aromatic heterocycles. The summed E-state index contributed by atoms with van der Waals surface area (Å²) in [5.74, 6) is 1.17. The molecule has 6 heteroatoms. The molecule has 0 amide bonds. The smallest absolute Gasteiger partial charge is 0.184 e. The highest BCUT2D eigenvalue weighted by Crippen LogP contribution is 2.31. The van der Waals surface area contributed by atoms with E-state index >= 15 is 0 Å². The second-order valence-electron chi connectivity index (χ2n) is 5.40. The van der Waals surface area contributed by atoms with E-state index in [1.165, 1.54) is 0 Å². The highest BCUT2D eigenvalue weighted by atomic mass is 16.5. The van der Waals surface area contributed by atoms with Crippen LogP contribution in [0.15, 0.2) is 18.2 Å². The van der Waals surface area contributed by atoms with Gasteiger partial charge in [-0.15, -0.1) is 5.10 Å². The minimum atomic E-state index is 0.197. The molecule has 0 radical (unpaired) electrons. The standard InChI is InChI=1S/C14H19N5O/c1-9-3-4-13(15)12(7-9)14-16-17-18-19(14)10(2)11-5-6-20-8-11/h3-4,7,10-11H,5-6,8,15H2,1-2H3. The largest absolute Gasteiger partial charge is 0.398 e. The van der Waals surface area contributed by atoms with Gasteiger partial charge in [0.2, 0.25) is 0 Å². The highest BCUT2D eigenvalue weighted by Gasteiger charge is 2.27. The fraction of sp³-hybridized carbons (Fsp3) is 0.500. The lowest BCUT2D eigenvalue weighted by atomic mass is 10.0. The summed E-state index contributed by atoms with van der Waals surface area (Å²) in [5, 5.41) is 12.1. The van der Waals surface area contributed by atoms with Crippen molar-refractivity contribution < 1.29 is 4.74 Å². The molecule has 1 aromatic carbocycles. The van der Waals surface area contributed by atoms with E-state index in [1.54, 1.807) is 0 Å². The molecule has 6 nitrogen and oxygen atoms in total. The number of tetrazole rings is 1. The summed E-state index contributed by atoms with van der Waals surface area (Å²) < 4.78 is 7.32. The summed E-state index contributed by atoms with van der Waals surface area (Å²) in [6, 6.07) is 6.10. The molecule has 1 saturated heterocycles. The van der Waals surface area contributed by atoms with Crippen LogP contribution in [0.4, 0.5) is 5.69 Å². The number of hydrogen-bond donors (Lipinski definition) is 1. The van der Waals surface area contributed by atoms with Crippen LogP contribution in [0.3, 0.4) is 0 Å². The van der Waals surface area contributed by atoms with Crippen molar-refractivity contribution in [1.29, 1.82) is 0 Å². The van der Waals surface area contributed by atoms with Crippen molar-refractivity contribution >= 4 is 5.69 Å². The molecule has 1 aliphatic rings. The summed E-state index contributed by atoms with van der Waals surface area (Å²) >= 11 is 0. The molecule has 0 aliphatic carbocycles. The second-order valence-corrected chi connectivity index (χ2v) is 5.40. The maximum atomic E-state index is 6.07. The van der Waals surface area contributed by atoms with E-state index in [9.17, 15) is 0 Å². The lowest BCUT2D eigenvalue weighted by molar-refractivity contribution is 0.173. The summed E-state index contributed by atoms with van der Waals surface area (Å²) in [5.41, 5.74) is 8.79. The molecule has 1 fully saturated rings. The number of aryl methyl sites for hydroxylation is 1. The van der Waals surface area contributed by atoms with E-state index in [-0.39, 0.29) is 6.04 Å². The maximum Gasteiger partial charge on any atom is 0.184 e. The normalized spacial score (nSPS) is 20.2. The number of nitrogens with zero attached hydrogens (tertiary/aromatic N) is 4. The van der Waals surface area contributed by atoms with Gasteiger partial charge in [0.05, 0.1) is 12.6 Å². The molecule has 3 rings (SSSR count). The van der Waals surface area contributed by atoms with Crippen molar-refractivity contribution in [3.8, 4) is 11.4 Å². The predicted molar refractivity (Wildman–Crippen MR) is 76.0 cm³/mol. The van der Waals surface area contributed by atoms with Gasteiger partial charge in [-0.3, -0.25) is 0 Å². The molecule has 2 heterocycles. The molecular weight excluding hydrogens is 254 g/mol. The first-order valence-electron chi connectivity index (χ1n) is 6.89. The van der Waals surface area contributed by atoms with Gasteiger partial charge in [0.1, 0.15) is 0 Å². The van der Waals surface area contributed by atoms with Crippen LogP contribution in [0.5, 0.6) is 0 Å². The summed E-state index contributed by atoms with van der Waals surface area (Å²) in [6.45, 7) is 5.75. The van der Waals surface area contributed by atoms with Gasteiger partial charge in [-0.2, -0.15) is 0 Å². The third-order valence-corrected chi connectivity index (χ3v) is 3.98. The van der Waals surface area contributed by atoms with Gasteiger partial charge in [0.15, 0.2) is 5.82 Å². The van der Waals surface area contributed by atoms with Gasteiger partial charge in [0, 0.05) is 23.8 Å². The molecule has 0 bridgehead atoms. The van der Waals surface area contributed by atoms with Crippen LogP contribution < -0.4 is 5.73 Å². The Labute approximate surface area is 117 Å². The SMILES string of the molecule is Cc1ccc(N)c(-c2nnnn2C(C)C2CCOC2)c1. The molecule has 2 atom stereocenters. The molecule has 106 valence electrons. The first-order valence-corrected chi connectivity index (χ1v) is 6.89. The van der Waals surface area contributed by atoms with Crippen molar-refractivity contribution in [2.75, 3.05) is 18.9 Å². The van der Waals surface area contributed by atoms with Crippen LogP contribution in [-0.2, 0) is 4.74 Å². The Hall–Kier alpha value is -1.95. The highest BCUT2D eigenvalue weighted by molar-refractivity contribution is 5.72. The Morgan fingerprint density at radius 1 is 1.45 bits per heavy atom. The zero-order valence-corrected chi connectivity index (χ0v) is 11.8. The van der Waals surface area contributed by atoms with Crippen molar-refractivity contribution in [2.24, 2.45) is 5.92 Å². The lowest BCUT2D eigenvalue weighted by Crippen LogP contribution is -2.19. The van der Waals surface area contributed by atoms with Crippen molar-refractivity contribution in [3.05, 3.63) is 23.8 Å². The van der Waals surface area contributed by atoms with E-state index in [2.05, 4.69) is 22.4 Å². The van der Waals surface area contributed by atoms with E-state index in [4.69, 9.17) is 10.5 Å². The second kappa shape index (κ2) is 5.20. The number of anilines is 1. The Bertz CT molecular complexity index is 603. The number of nitrogens with two attached hydrogens (primary N) is 1. The number of ether oxygens (including phenoxy) is 1. The third-order valence-electron chi connectivity index (χ3n) is 3.98. The Kier molecular flexibility index (Phi) is 3.40. The van der Waals surface area contributed by atoms with Gasteiger partial charge in [-0.1, -0.05) is 11.6 Å². The van der Waals surface area contributed by atoms with Crippen LogP contribution >= 0.6 is 0 Å². The quantitative estimate of drug-likeness (QED) is 0.863. The minimum absolute atomic E-state index is 0.197. The lowest BCUT2D eigenvalue weighted by Gasteiger charge is -2.19. The summed E-state index contributed by atoms with van der Waals surface area (Å²) in [4.78, 5) is 0. The van der Waals surface area contributed by atoms with E-state index in [0.29, 0.717) is 11.6 Å². The van der Waals surface area contributed by atoms with E-state index < -0.39 is 0 Å². The molecule has 20 heavy (non-hydrogen) atoms. The molecular formula is C14H19N5O. The molecule has 0 spiro atoms. The monoisotopic (exact) mass is 273 g/mol. The fourth-order valence-corrected chi connectivity index (χ4v) is 2.64. The first kappa shape index (κ1) is 13.1. The number of rotatable bonds is 3. The van der Waals surface area contributed by atoms with Crippen LogP contribution in [0.25, 0.3) is 11.4 Å². The van der Waals surface area contributed by atoms with Crippen LogP contribution in [0.1, 0.15) is 24.9 Å². The molecule has 2 unspecified atom stereocenters. The van der Waals surface area contributed by atoms with Crippen LogP contribution in [-0.4, -0.2) is 33.4 Å². The number of nitrogen functional groups attached to an aromatic ring is 1. The molecule has 0 saturated carbocycles. The third kappa shape index (κ3) is 2.27. The van der Waals surface area contributed by atoms with E-state index in [1.807, 2.05) is 29.8 Å². The Morgan fingerprint density at radius 2 is 2.30 bits per heavy atom. The Balaban J connectivity index is 1.99. The molecule has 2 aromatic rings. The van der Waals surface area contributed by atoms with Gasteiger partial charge in [0.25, 0.3) is 0 Å². The summed E-state index contributed by atoms with van der Waals surface area (Å²) in [7, 11) is 0. The minimum Gasteiger partial charge on any atom is -0.398 e. The zero-order valence-electron chi connectivity index (χ0n) is 11.8. The van der Waals surface area contributed by atoms with Crippen LogP contribution in [0, 0.1) is 12.8 Å². The van der Waals surface area contributed by atoms with Crippen molar-refractivity contribution in [1.82, 2.24) is 20.2 Å². The zero-order chi connectivity index (χ0) is 14.1. The molecule has 1 aliphatic heterocycles. The van der Waals surface area contributed by atoms with Crippen LogP contribution in [0.2, 0.25) is 0 Å². The van der Waals surface area contributed by atoms with Gasteiger partial charge in [-0.05, 0) is 42.8 Å². The number of hydrogen-bond acceptors (Lipinski definition) is 5. The average molecular weight is 273 g/mol. The van der Waals surface area contributed by atoms with Crippen molar-refractivity contribution in [2.45, 2.75) is 26.3 Å². The predicted octanol–water partition coefficient (Wildman–Crippen LogP) is 1.83. The average Bonchev–Trinajstić information content (AvgIpc) is 3.11. The van der Waals surface area contributed by atoms with Gasteiger partial charge < -0.3 is 10.5 Å². The van der Waals surface area contributed by atoms with Gasteiger partial charge in [-0.25, -0.2) is 4.68 Å². The number of aromatic nitrogens is 4.